The largest absolute Gasteiger partial charge is 0.476 e. The highest BCUT2D eigenvalue weighted by Gasteiger charge is 2.25. The normalized spacial score (nSPS) is 17.4. The van der Waals surface area contributed by atoms with Gasteiger partial charge in [-0.3, -0.25) is 0 Å². The van der Waals surface area contributed by atoms with E-state index < -0.39 is 10.0 Å². The van der Waals surface area contributed by atoms with E-state index in [1.54, 1.807) is 21.2 Å². The lowest BCUT2D eigenvalue weighted by molar-refractivity contribution is 0.221. The summed E-state index contributed by atoms with van der Waals surface area (Å²) >= 11 is 0. The molecule has 0 aliphatic carbocycles. The molecule has 1 aliphatic rings. The third-order valence-electron chi connectivity index (χ3n) is 4.17. The molecule has 1 aliphatic heterocycles. The van der Waals surface area contributed by atoms with E-state index in [0.29, 0.717) is 32.0 Å². The molecule has 3 rings (SSSR count). The fourth-order valence-electron chi connectivity index (χ4n) is 2.68. The first-order chi connectivity index (χ1) is 11.5. The van der Waals surface area contributed by atoms with Gasteiger partial charge in [0.15, 0.2) is 5.65 Å². The van der Waals surface area contributed by atoms with Crippen LogP contribution in [0.2, 0.25) is 0 Å². The van der Waals surface area contributed by atoms with Crippen LogP contribution in [-0.2, 0) is 10.0 Å². The van der Waals surface area contributed by atoms with Crippen molar-refractivity contribution >= 4 is 15.7 Å². The monoisotopic (exact) mass is 353 g/mol. The van der Waals surface area contributed by atoms with Crippen LogP contribution >= 0.6 is 0 Å². The highest BCUT2D eigenvalue weighted by atomic mass is 32.2. The minimum atomic E-state index is -3.21. The number of hydrogen-bond acceptors (Lipinski definition) is 6. The van der Waals surface area contributed by atoms with Crippen LogP contribution in [0.25, 0.3) is 5.65 Å². The van der Waals surface area contributed by atoms with Crippen LogP contribution in [0.15, 0.2) is 18.5 Å². The van der Waals surface area contributed by atoms with Gasteiger partial charge in [0.2, 0.25) is 15.9 Å². The van der Waals surface area contributed by atoms with E-state index in [1.165, 1.54) is 0 Å². The van der Waals surface area contributed by atoms with E-state index in [0.717, 1.165) is 24.3 Å². The van der Waals surface area contributed by atoms with Crippen LogP contribution < -0.4 is 4.74 Å². The summed E-state index contributed by atoms with van der Waals surface area (Å²) in [7, 11) is -1.20. The van der Waals surface area contributed by atoms with Gasteiger partial charge < -0.3 is 9.64 Å². The number of sulfonamides is 1. The number of aromatic nitrogens is 3. The predicted molar refractivity (Wildman–Crippen MR) is 90.7 cm³/mol. The maximum absolute atomic E-state index is 12.3. The van der Waals surface area contributed by atoms with Gasteiger partial charge in [-0.05, 0) is 26.5 Å². The second-order valence-electron chi connectivity index (χ2n) is 6.08. The minimum Gasteiger partial charge on any atom is -0.476 e. The summed E-state index contributed by atoms with van der Waals surface area (Å²) in [6.07, 6.45) is 3.87. The molecular weight excluding hydrogens is 330 g/mol. The lowest BCUT2D eigenvalue weighted by atomic mass is 10.3. The second-order valence-corrected chi connectivity index (χ2v) is 8.17. The van der Waals surface area contributed by atoms with Gasteiger partial charge in [-0.25, -0.2) is 17.9 Å². The quantitative estimate of drug-likeness (QED) is 0.699. The molecule has 0 bridgehead atoms. The highest BCUT2D eigenvalue weighted by Crippen LogP contribution is 2.16. The number of ether oxygens (including phenoxy) is 1. The smallest absolute Gasteiger partial charge is 0.234 e. The summed E-state index contributed by atoms with van der Waals surface area (Å²) < 4.78 is 33.6. The van der Waals surface area contributed by atoms with E-state index in [-0.39, 0.29) is 5.75 Å². The van der Waals surface area contributed by atoms with E-state index in [4.69, 9.17) is 4.74 Å². The molecule has 1 fully saturated rings. The molecule has 0 spiro atoms. The van der Waals surface area contributed by atoms with Crippen molar-refractivity contribution in [1.82, 2.24) is 23.8 Å². The number of piperazine rings is 1. The molecule has 0 unspecified atom stereocenters. The number of rotatable bonds is 6. The first kappa shape index (κ1) is 17.1. The topological polar surface area (TPSA) is 80.0 Å². The van der Waals surface area contributed by atoms with Crippen LogP contribution in [0.1, 0.15) is 12.0 Å². The Kier molecular flexibility index (Phi) is 5.02. The van der Waals surface area contributed by atoms with Crippen molar-refractivity contribution < 1.29 is 13.2 Å². The molecule has 24 heavy (non-hydrogen) atoms. The molecule has 0 atom stereocenters. The molecule has 0 N–H and O–H groups in total. The van der Waals surface area contributed by atoms with Crippen LogP contribution in [0, 0.1) is 6.92 Å². The molecule has 8 nitrogen and oxygen atoms in total. The molecule has 0 aromatic carbocycles. The number of fused-ring (bicyclic) bond motifs is 1. The molecule has 2 aromatic rings. The highest BCUT2D eigenvalue weighted by molar-refractivity contribution is 7.89. The number of imidazole rings is 1. The average Bonchev–Trinajstić information content (AvgIpc) is 2.99. The SMILES string of the molecule is Cc1cc2nccn2nc1OCCCS(=O)(=O)N1CCN(C)CC1. The van der Waals surface area contributed by atoms with Gasteiger partial charge in [0.1, 0.15) is 0 Å². The summed E-state index contributed by atoms with van der Waals surface area (Å²) in [6.45, 7) is 4.92. The van der Waals surface area contributed by atoms with Gasteiger partial charge in [0.25, 0.3) is 0 Å². The van der Waals surface area contributed by atoms with Gasteiger partial charge in [-0.15, -0.1) is 5.10 Å². The number of likely N-dealkylation sites (N-methyl/N-ethyl adjacent to an activating group) is 1. The summed E-state index contributed by atoms with van der Waals surface area (Å²) in [6, 6.07) is 1.89. The van der Waals surface area contributed by atoms with E-state index in [2.05, 4.69) is 15.0 Å². The van der Waals surface area contributed by atoms with E-state index in [1.807, 2.05) is 20.0 Å². The summed E-state index contributed by atoms with van der Waals surface area (Å²) in [5.41, 5.74) is 1.65. The molecule has 2 aromatic heterocycles. The zero-order valence-electron chi connectivity index (χ0n) is 14.1. The van der Waals surface area contributed by atoms with Gasteiger partial charge in [-0.2, -0.15) is 4.31 Å². The minimum absolute atomic E-state index is 0.100. The maximum atomic E-state index is 12.3. The Morgan fingerprint density at radius 1 is 1.25 bits per heavy atom. The number of hydrogen-bond donors (Lipinski definition) is 0. The van der Waals surface area contributed by atoms with Gasteiger partial charge in [0, 0.05) is 44.1 Å². The van der Waals surface area contributed by atoms with Crippen molar-refractivity contribution in [3.05, 3.63) is 24.0 Å². The Bertz CT molecular complexity index is 797. The van der Waals surface area contributed by atoms with Crippen molar-refractivity contribution in [2.75, 3.05) is 45.6 Å². The van der Waals surface area contributed by atoms with Crippen molar-refractivity contribution in [1.29, 1.82) is 0 Å². The predicted octanol–water partition coefficient (Wildman–Crippen LogP) is 0.384. The Hall–Kier alpha value is -1.71. The van der Waals surface area contributed by atoms with Gasteiger partial charge >= 0.3 is 0 Å². The zero-order valence-corrected chi connectivity index (χ0v) is 14.9. The Morgan fingerprint density at radius 2 is 2.00 bits per heavy atom. The van der Waals surface area contributed by atoms with Crippen molar-refractivity contribution in [2.45, 2.75) is 13.3 Å². The van der Waals surface area contributed by atoms with Crippen molar-refractivity contribution in [3.63, 3.8) is 0 Å². The number of nitrogens with zero attached hydrogens (tertiary/aromatic N) is 5. The first-order valence-electron chi connectivity index (χ1n) is 8.06. The van der Waals surface area contributed by atoms with E-state index >= 15 is 0 Å². The molecular formula is C15H23N5O3S. The Balaban J connectivity index is 1.51. The van der Waals surface area contributed by atoms with E-state index in [9.17, 15) is 8.42 Å². The summed E-state index contributed by atoms with van der Waals surface area (Å²) in [5, 5.41) is 4.33. The third kappa shape index (κ3) is 3.85. The first-order valence-corrected chi connectivity index (χ1v) is 9.67. The van der Waals surface area contributed by atoms with Crippen molar-refractivity contribution in [3.8, 4) is 5.88 Å². The fraction of sp³-hybridized carbons (Fsp3) is 0.600. The summed E-state index contributed by atoms with van der Waals surface area (Å²) in [5.74, 6) is 0.612. The molecule has 3 heterocycles. The number of aryl methyl sites for hydroxylation is 1. The molecule has 9 heteroatoms. The lowest BCUT2D eigenvalue weighted by Gasteiger charge is -2.31. The molecule has 0 amide bonds. The van der Waals surface area contributed by atoms with Gasteiger partial charge in [-0.1, -0.05) is 0 Å². The second kappa shape index (κ2) is 7.04. The Labute approximate surface area is 142 Å². The van der Waals surface area contributed by atoms with Crippen LogP contribution in [0.3, 0.4) is 0 Å². The zero-order chi connectivity index (χ0) is 17.2. The maximum Gasteiger partial charge on any atom is 0.234 e. The summed E-state index contributed by atoms with van der Waals surface area (Å²) in [4.78, 5) is 6.30. The fourth-order valence-corrected chi connectivity index (χ4v) is 4.14. The van der Waals surface area contributed by atoms with Crippen LogP contribution in [-0.4, -0.2) is 77.8 Å². The standard InChI is InChI=1S/C15H23N5O3S/c1-13-12-14-16-4-5-20(14)17-15(13)23-10-3-11-24(21,22)19-8-6-18(2)7-9-19/h4-5,12H,3,6-11H2,1-2H3. The average molecular weight is 353 g/mol. The van der Waals surface area contributed by atoms with Crippen molar-refractivity contribution in [2.24, 2.45) is 0 Å². The molecule has 0 saturated carbocycles. The van der Waals surface area contributed by atoms with Crippen LogP contribution in [0.5, 0.6) is 5.88 Å². The lowest BCUT2D eigenvalue weighted by Crippen LogP contribution is -2.47. The Morgan fingerprint density at radius 3 is 2.75 bits per heavy atom. The third-order valence-corrected chi connectivity index (χ3v) is 6.13. The van der Waals surface area contributed by atoms with Gasteiger partial charge in [0.05, 0.1) is 12.4 Å². The molecule has 1 saturated heterocycles. The van der Waals surface area contributed by atoms with Crippen LogP contribution in [0.4, 0.5) is 0 Å². The molecule has 132 valence electrons. The molecule has 0 radical (unpaired) electrons.